The molecule has 6 heteroatoms. The van der Waals surface area contributed by atoms with Gasteiger partial charge in [0.05, 0.1) is 22.2 Å². The summed E-state index contributed by atoms with van der Waals surface area (Å²) in [5.74, 6) is 0.211. The minimum Gasteiger partial charge on any atom is -0.489 e. The van der Waals surface area contributed by atoms with E-state index in [9.17, 15) is 10.1 Å². The number of hydrogen-bond donors (Lipinski definition) is 2. The van der Waals surface area contributed by atoms with Crippen molar-refractivity contribution in [2.75, 3.05) is 0 Å². The number of benzene rings is 3. The van der Waals surface area contributed by atoms with Gasteiger partial charge in [-0.15, -0.1) is 0 Å². The molecule has 0 radical (unpaired) electrons. The highest BCUT2D eigenvalue weighted by Crippen LogP contribution is 2.22. The van der Waals surface area contributed by atoms with Crippen molar-refractivity contribution in [2.45, 2.75) is 13.5 Å². The fourth-order valence-corrected chi connectivity index (χ4v) is 3.19. The number of carbonyl (C=O) groups is 1. The lowest BCUT2D eigenvalue weighted by Gasteiger charge is -2.07. The number of carboxylic acids is 1. The molecule has 0 unspecified atom stereocenters. The molecule has 0 amide bonds. The van der Waals surface area contributed by atoms with Gasteiger partial charge < -0.3 is 14.8 Å². The molecule has 6 nitrogen and oxygen atoms in total. The first-order chi connectivity index (χ1) is 15.0. The first-order valence-electron chi connectivity index (χ1n) is 9.65. The number of rotatable bonds is 6. The van der Waals surface area contributed by atoms with Crippen molar-refractivity contribution in [1.82, 2.24) is 9.97 Å². The molecule has 0 aliphatic carbocycles. The van der Waals surface area contributed by atoms with Crippen molar-refractivity contribution in [2.24, 2.45) is 0 Å². The van der Waals surface area contributed by atoms with Gasteiger partial charge in [-0.3, -0.25) is 0 Å². The summed E-state index contributed by atoms with van der Waals surface area (Å²) < 4.78 is 5.75. The topological polar surface area (TPSA) is 99.0 Å². The van der Waals surface area contributed by atoms with Crippen molar-refractivity contribution in [1.29, 1.82) is 5.26 Å². The second-order valence-corrected chi connectivity index (χ2v) is 7.14. The van der Waals surface area contributed by atoms with E-state index >= 15 is 0 Å². The molecular weight excluding hydrogens is 390 g/mol. The standard InChI is InChI=1S/C25H19N3O3/c1-16-5-10-22-23(11-16)28-24(27-22)20(14-26)12-17-6-8-21(9-7-17)31-15-18-3-2-4-19(13-18)25(29)30/h2-13H,15H2,1H3,(H,27,28)(H,29,30)/b20-12-. The second kappa shape index (κ2) is 8.56. The third-order valence-electron chi connectivity index (χ3n) is 4.78. The number of aromatic carboxylic acids is 1. The molecule has 152 valence electrons. The van der Waals surface area contributed by atoms with Gasteiger partial charge in [0.1, 0.15) is 24.3 Å². The van der Waals surface area contributed by atoms with Crippen LogP contribution >= 0.6 is 0 Å². The van der Waals surface area contributed by atoms with Crippen molar-refractivity contribution in [3.63, 3.8) is 0 Å². The third kappa shape index (κ3) is 4.62. The zero-order valence-corrected chi connectivity index (χ0v) is 16.8. The minimum atomic E-state index is -0.967. The summed E-state index contributed by atoms with van der Waals surface area (Å²) in [6.07, 6.45) is 1.77. The number of nitrogens with zero attached hydrogens (tertiary/aromatic N) is 2. The Morgan fingerprint density at radius 3 is 2.71 bits per heavy atom. The highest BCUT2D eigenvalue weighted by molar-refractivity contribution is 5.90. The predicted octanol–water partition coefficient (Wildman–Crippen LogP) is 5.21. The molecule has 0 aliphatic heterocycles. The summed E-state index contributed by atoms with van der Waals surface area (Å²) in [6, 6.07) is 22.1. The quantitative estimate of drug-likeness (QED) is 0.426. The lowest BCUT2D eigenvalue weighted by molar-refractivity contribution is 0.0696. The number of aromatic nitrogens is 2. The monoisotopic (exact) mass is 409 g/mol. The van der Waals surface area contributed by atoms with Gasteiger partial charge in [0.15, 0.2) is 0 Å². The number of aromatic amines is 1. The SMILES string of the molecule is Cc1ccc2nc(/C(C#N)=C\c3ccc(OCc4cccc(C(=O)O)c4)cc3)[nH]c2c1. The van der Waals surface area contributed by atoms with E-state index in [0.29, 0.717) is 17.1 Å². The number of fused-ring (bicyclic) bond motifs is 1. The Balaban J connectivity index is 1.48. The Labute approximate surface area is 179 Å². The summed E-state index contributed by atoms with van der Waals surface area (Å²) in [5, 5.41) is 18.7. The van der Waals surface area contributed by atoms with Gasteiger partial charge in [-0.1, -0.05) is 30.3 Å². The maximum atomic E-state index is 11.1. The average molecular weight is 409 g/mol. The van der Waals surface area contributed by atoms with E-state index in [0.717, 1.165) is 27.7 Å². The molecule has 1 heterocycles. The minimum absolute atomic E-state index is 0.228. The number of ether oxygens (including phenoxy) is 1. The lowest BCUT2D eigenvalue weighted by atomic mass is 10.1. The van der Waals surface area contributed by atoms with Crippen LogP contribution in [0.2, 0.25) is 0 Å². The highest BCUT2D eigenvalue weighted by Gasteiger charge is 2.08. The number of allylic oxidation sites excluding steroid dienone is 1. The Kier molecular flexibility index (Phi) is 5.50. The Bertz CT molecular complexity index is 1330. The largest absolute Gasteiger partial charge is 0.489 e. The van der Waals surface area contributed by atoms with E-state index in [4.69, 9.17) is 9.84 Å². The van der Waals surface area contributed by atoms with Crippen molar-refractivity contribution in [3.8, 4) is 11.8 Å². The predicted molar refractivity (Wildman–Crippen MR) is 118 cm³/mol. The summed E-state index contributed by atoms with van der Waals surface area (Å²) >= 11 is 0. The molecule has 3 aromatic carbocycles. The maximum absolute atomic E-state index is 11.1. The number of hydrogen-bond acceptors (Lipinski definition) is 4. The number of carboxylic acid groups (broad SMARTS) is 1. The van der Waals surface area contributed by atoms with Gasteiger partial charge in [-0.05, 0) is 66.1 Å². The van der Waals surface area contributed by atoms with E-state index in [1.165, 1.54) is 0 Å². The fraction of sp³-hybridized carbons (Fsp3) is 0.0800. The first kappa shape index (κ1) is 19.9. The summed E-state index contributed by atoms with van der Waals surface area (Å²) in [7, 11) is 0. The number of imidazole rings is 1. The van der Waals surface area contributed by atoms with E-state index in [1.54, 1.807) is 24.3 Å². The Hall–Kier alpha value is -4.37. The van der Waals surface area contributed by atoms with Crippen LogP contribution in [0.1, 0.15) is 32.9 Å². The van der Waals surface area contributed by atoms with Crippen LogP contribution in [0.5, 0.6) is 5.75 Å². The number of nitriles is 1. The molecule has 0 spiro atoms. The summed E-state index contributed by atoms with van der Waals surface area (Å²) in [4.78, 5) is 18.8. The van der Waals surface area contributed by atoms with E-state index in [-0.39, 0.29) is 12.2 Å². The van der Waals surface area contributed by atoms with Crippen LogP contribution in [0, 0.1) is 18.3 Å². The summed E-state index contributed by atoms with van der Waals surface area (Å²) in [5.41, 5.74) is 5.11. The number of aryl methyl sites for hydroxylation is 1. The van der Waals surface area contributed by atoms with Crippen LogP contribution in [0.3, 0.4) is 0 Å². The van der Waals surface area contributed by atoms with Crippen LogP contribution in [0.25, 0.3) is 22.7 Å². The fourth-order valence-electron chi connectivity index (χ4n) is 3.19. The zero-order valence-electron chi connectivity index (χ0n) is 16.8. The Morgan fingerprint density at radius 1 is 1.16 bits per heavy atom. The zero-order chi connectivity index (χ0) is 21.8. The second-order valence-electron chi connectivity index (χ2n) is 7.14. The van der Waals surface area contributed by atoms with E-state index < -0.39 is 5.97 Å². The number of H-pyrrole nitrogens is 1. The van der Waals surface area contributed by atoms with Gasteiger partial charge in [0.2, 0.25) is 0 Å². The molecule has 0 aliphatic rings. The molecule has 4 aromatic rings. The molecule has 0 saturated heterocycles. The third-order valence-corrected chi connectivity index (χ3v) is 4.78. The van der Waals surface area contributed by atoms with Gasteiger partial charge in [-0.25, -0.2) is 9.78 Å². The molecule has 0 bridgehead atoms. The van der Waals surface area contributed by atoms with E-state index in [1.807, 2.05) is 55.5 Å². The van der Waals surface area contributed by atoms with Crippen LogP contribution in [0.15, 0.2) is 66.7 Å². The smallest absolute Gasteiger partial charge is 0.335 e. The van der Waals surface area contributed by atoms with Crippen molar-refractivity contribution in [3.05, 3.63) is 94.8 Å². The van der Waals surface area contributed by atoms with Crippen molar-refractivity contribution < 1.29 is 14.6 Å². The maximum Gasteiger partial charge on any atom is 0.335 e. The van der Waals surface area contributed by atoms with Crippen LogP contribution in [-0.4, -0.2) is 21.0 Å². The molecule has 0 atom stereocenters. The van der Waals surface area contributed by atoms with Crippen LogP contribution in [0.4, 0.5) is 0 Å². The summed E-state index contributed by atoms with van der Waals surface area (Å²) in [6.45, 7) is 2.27. The van der Waals surface area contributed by atoms with Crippen molar-refractivity contribution >= 4 is 28.7 Å². The first-order valence-corrected chi connectivity index (χ1v) is 9.65. The molecule has 2 N–H and O–H groups in total. The average Bonchev–Trinajstić information content (AvgIpc) is 3.20. The highest BCUT2D eigenvalue weighted by atomic mass is 16.5. The lowest BCUT2D eigenvalue weighted by Crippen LogP contribution is -2.00. The Morgan fingerprint density at radius 2 is 1.97 bits per heavy atom. The molecule has 0 fully saturated rings. The van der Waals surface area contributed by atoms with Crippen LogP contribution in [-0.2, 0) is 6.61 Å². The van der Waals surface area contributed by atoms with Gasteiger partial charge in [-0.2, -0.15) is 5.26 Å². The molecule has 31 heavy (non-hydrogen) atoms. The normalized spacial score (nSPS) is 11.3. The molecule has 0 saturated carbocycles. The van der Waals surface area contributed by atoms with Gasteiger partial charge in [0, 0.05) is 0 Å². The van der Waals surface area contributed by atoms with Crippen LogP contribution < -0.4 is 4.74 Å². The molecule has 1 aromatic heterocycles. The van der Waals surface area contributed by atoms with Gasteiger partial charge >= 0.3 is 5.97 Å². The molecule has 4 rings (SSSR count). The number of nitrogens with one attached hydrogen (secondary N) is 1. The van der Waals surface area contributed by atoms with E-state index in [2.05, 4.69) is 16.0 Å². The molecular formula is C25H19N3O3. The van der Waals surface area contributed by atoms with Gasteiger partial charge in [0.25, 0.3) is 0 Å².